The van der Waals surface area contributed by atoms with Crippen LogP contribution < -0.4 is 9.64 Å². The van der Waals surface area contributed by atoms with Gasteiger partial charge in [0.05, 0.1) is 11.7 Å². The van der Waals surface area contributed by atoms with Crippen LogP contribution in [0.5, 0.6) is 5.75 Å². The summed E-state index contributed by atoms with van der Waals surface area (Å²) in [6, 6.07) is 9.18. The minimum Gasteiger partial charge on any atom is -0.491 e. The Hall–Kier alpha value is -3.42. The molecule has 0 N–H and O–H groups in total. The van der Waals surface area contributed by atoms with Gasteiger partial charge in [0.25, 0.3) is 11.8 Å². The van der Waals surface area contributed by atoms with Gasteiger partial charge in [-0.25, -0.2) is 9.97 Å². The highest BCUT2D eigenvalue weighted by Gasteiger charge is 2.41. The molecule has 0 bridgehead atoms. The summed E-state index contributed by atoms with van der Waals surface area (Å²) in [5, 5.41) is 0. The minimum absolute atomic E-state index is 0.0655. The monoisotopic (exact) mass is 421 g/mol. The number of likely N-dealkylation sites (N-methyl/N-ethyl adjacent to an activating group) is 1. The van der Waals surface area contributed by atoms with Crippen molar-refractivity contribution >= 4 is 23.3 Å². The summed E-state index contributed by atoms with van der Waals surface area (Å²) in [6.07, 6.45) is 3.51. The molecule has 0 aliphatic carbocycles. The Morgan fingerprint density at radius 2 is 1.55 bits per heavy atom. The standard InChI is InChI=1S/C23H27N5O3/c1-4-28-21(29)19(17-6-8-18(9-7-17)31-16(2)3)20(22(28)30)26-12-14-27(15-13-26)23-24-10-5-11-25-23/h5-11,16H,4,12-15H2,1-3H3. The highest BCUT2D eigenvalue weighted by atomic mass is 16.5. The number of rotatable bonds is 6. The van der Waals surface area contributed by atoms with Crippen LogP contribution in [0.3, 0.4) is 0 Å². The maximum Gasteiger partial charge on any atom is 0.277 e. The number of nitrogens with zero attached hydrogens (tertiary/aromatic N) is 5. The predicted octanol–water partition coefficient (Wildman–Crippen LogP) is 2.19. The van der Waals surface area contributed by atoms with E-state index in [9.17, 15) is 9.59 Å². The fraction of sp³-hybridized carbons (Fsp3) is 0.391. The van der Waals surface area contributed by atoms with E-state index in [2.05, 4.69) is 14.9 Å². The average Bonchev–Trinajstić information content (AvgIpc) is 3.04. The van der Waals surface area contributed by atoms with Crippen LogP contribution in [0.2, 0.25) is 0 Å². The highest BCUT2D eigenvalue weighted by Crippen LogP contribution is 2.33. The summed E-state index contributed by atoms with van der Waals surface area (Å²) in [7, 11) is 0. The SMILES string of the molecule is CCN1C(=O)C(c2ccc(OC(C)C)cc2)=C(N2CCN(c3ncccn3)CC2)C1=O. The zero-order valence-electron chi connectivity index (χ0n) is 18.1. The molecule has 3 heterocycles. The average molecular weight is 422 g/mol. The van der Waals surface area contributed by atoms with Gasteiger partial charge in [0.1, 0.15) is 11.4 Å². The van der Waals surface area contributed by atoms with Crippen molar-refractivity contribution in [1.82, 2.24) is 19.8 Å². The first-order valence-electron chi connectivity index (χ1n) is 10.6. The number of amides is 2. The second-order valence-corrected chi connectivity index (χ2v) is 7.79. The molecule has 0 atom stereocenters. The maximum absolute atomic E-state index is 13.1. The van der Waals surface area contributed by atoms with Gasteiger partial charge in [-0.15, -0.1) is 0 Å². The molecule has 1 saturated heterocycles. The molecule has 31 heavy (non-hydrogen) atoms. The molecule has 1 fully saturated rings. The lowest BCUT2D eigenvalue weighted by molar-refractivity contribution is -0.137. The Balaban J connectivity index is 1.61. The van der Waals surface area contributed by atoms with Crippen LogP contribution in [-0.4, -0.2) is 70.4 Å². The largest absolute Gasteiger partial charge is 0.491 e. The van der Waals surface area contributed by atoms with E-state index in [1.165, 1.54) is 4.90 Å². The van der Waals surface area contributed by atoms with Crippen molar-refractivity contribution in [2.75, 3.05) is 37.6 Å². The fourth-order valence-corrected chi connectivity index (χ4v) is 3.96. The van der Waals surface area contributed by atoms with Gasteiger partial charge in [0, 0.05) is 45.1 Å². The second-order valence-electron chi connectivity index (χ2n) is 7.79. The number of carbonyl (C=O) groups is 2. The lowest BCUT2D eigenvalue weighted by Crippen LogP contribution is -2.48. The Labute approximate surface area is 182 Å². The van der Waals surface area contributed by atoms with Gasteiger partial charge in [0.15, 0.2) is 0 Å². The van der Waals surface area contributed by atoms with Crippen molar-refractivity contribution in [3.8, 4) is 5.75 Å². The molecule has 2 aliphatic rings. The summed E-state index contributed by atoms with van der Waals surface area (Å²) in [6.45, 7) is 8.67. The number of hydrogen-bond donors (Lipinski definition) is 0. The van der Waals surface area contributed by atoms with Crippen molar-refractivity contribution in [1.29, 1.82) is 0 Å². The molecular formula is C23H27N5O3. The summed E-state index contributed by atoms with van der Waals surface area (Å²) in [5.41, 5.74) is 1.68. The Kier molecular flexibility index (Phi) is 5.88. The molecule has 2 amide bonds. The zero-order chi connectivity index (χ0) is 22.0. The fourth-order valence-electron chi connectivity index (χ4n) is 3.96. The van der Waals surface area contributed by atoms with E-state index < -0.39 is 0 Å². The number of anilines is 1. The first kappa shape index (κ1) is 20.8. The Morgan fingerprint density at radius 1 is 0.935 bits per heavy atom. The number of ether oxygens (including phenoxy) is 1. The van der Waals surface area contributed by atoms with Gasteiger partial charge in [-0.1, -0.05) is 12.1 Å². The third-order valence-corrected chi connectivity index (χ3v) is 5.41. The van der Waals surface area contributed by atoms with Crippen LogP contribution in [0.4, 0.5) is 5.95 Å². The summed E-state index contributed by atoms with van der Waals surface area (Å²) in [4.78, 5) is 40.3. The molecule has 2 aliphatic heterocycles. The third-order valence-electron chi connectivity index (χ3n) is 5.41. The van der Waals surface area contributed by atoms with Gasteiger partial charge in [-0.05, 0) is 44.5 Å². The molecule has 0 unspecified atom stereocenters. The van der Waals surface area contributed by atoms with E-state index in [1.54, 1.807) is 18.5 Å². The molecule has 1 aromatic heterocycles. The maximum atomic E-state index is 13.1. The van der Waals surface area contributed by atoms with Crippen molar-refractivity contribution < 1.29 is 14.3 Å². The zero-order valence-corrected chi connectivity index (χ0v) is 18.1. The van der Waals surface area contributed by atoms with Crippen molar-refractivity contribution in [3.05, 3.63) is 54.0 Å². The Morgan fingerprint density at radius 3 is 2.13 bits per heavy atom. The second kappa shape index (κ2) is 8.75. The van der Waals surface area contributed by atoms with Crippen LogP contribution in [-0.2, 0) is 9.59 Å². The molecule has 0 saturated carbocycles. The minimum atomic E-state index is -0.242. The topological polar surface area (TPSA) is 78.9 Å². The molecule has 0 radical (unpaired) electrons. The first-order valence-corrected chi connectivity index (χ1v) is 10.6. The first-order chi connectivity index (χ1) is 15.0. The number of imide groups is 1. The molecule has 0 spiro atoms. The number of benzene rings is 1. The number of aromatic nitrogens is 2. The van der Waals surface area contributed by atoms with Crippen molar-refractivity contribution in [2.45, 2.75) is 26.9 Å². The van der Waals surface area contributed by atoms with Gasteiger partial charge >= 0.3 is 0 Å². The third kappa shape index (κ3) is 4.10. The number of piperazine rings is 1. The number of carbonyl (C=O) groups excluding carboxylic acids is 2. The van der Waals surface area contributed by atoms with Gasteiger partial charge in [0.2, 0.25) is 5.95 Å². The van der Waals surface area contributed by atoms with Gasteiger partial charge < -0.3 is 14.5 Å². The lowest BCUT2D eigenvalue weighted by Gasteiger charge is -2.36. The van der Waals surface area contributed by atoms with Crippen LogP contribution in [0.25, 0.3) is 5.57 Å². The molecule has 2 aromatic rings. The van der Waals surface area contributed by atoms with Crippen molar-refractivity contribution in [3.63, 3.8) is 0 Å². The summed E-state index contributed by atoms with van der Waals surface area (Å²) < 4.78 is 5.71. The van der Waals surface area contributed by atoms with Crippen molar-refractivity contribution in [2.24, 2.45) is 0 Å². The van der Waals surface area contributed by atoms with Crippen LogP contribution in [0, 0.1) is 0 Å². The lowest BCUT2D eigenvalue weighted by atomic mass is 10.0. The quantitative estimate of drug-likeness (QED) is 0.662. The summed E-state index contributed by atoms with van der Waals surface area (Å²) >= 11 is 0. The molecule has 8 nitrogen and oxygen atoms in total. The molecular weight excluding hydrogens is 394 g/mol. The van der Waals surface area contributed by atoms with E-state index in [0.717, 1.165) is 11.3 Å². The predicted molar refractivity (Wildman–Crippen MR) is 117 cm³/mol. The van der Waals surface area contributed by atoms with E-state index in [1.807, 2.05) is 49.9 Å². The molecule has 1 aromatic carbocycles. The number of hydrogen-bond acceptors (Lipinski definition) is 7. The molecule has 4 rings (SSSR count). The van der Waals surface area contributed by atoms with Crippen LogP contribution in [0.15, 0.2) is 48.4 Å². The van der Waals surface area contributed by atoms with E-state index >= 15 is 0 Å². The Bertz CT molecular complexity index is 980. The normalized spacial score (nSPS) is 17.2. The van der Waals surface area contributed by atoms with E-state index in [4.69, 9.17) is 4.74 Å². The van der Waals surface area contributed by atoms with E-state index in [-0.39, 0.29) is 17.9 Å². The molecule has 162 valence electrons. The van der Waals surface area contributed by atoms with Crippen LogP contribution >= 0.6 is 0 Å². The highest BCUT2D eigenvalue weighted by molar-refractivity contribution is 6.35. The summed E-state index contributed by atoms with van der Waals surface area (Å²) in [5.74, 6) is 0.950. The molecule has 8 heteroatoms. The smallest absolute Gasteiger partial charge is 0.277 e. The van der Waals surface area contributed by atoms with E-state index in [0.29, 0.717) is 49.9 Å². The van der Waals surface area contributed by atoms with Gasteiger partial charge in [-0.3, -0.25) is 14.5 Å². The van der Waals surface area contributed by atoms with Crippen LogP contribution in [0.1, 0.15) is 26.3 Å². The van der Waals surface area contributed by atoms with Gasteiger partial charge in [-0.2, -0.15) is 0 Å².